The molecule has 1 aliphatic heterocycles. The standard InChI is InChI=1S/C16H21N3O7S.ClH/c20-15(21)11-19-13-3-2-12(10-14(13)26-16(19)22)17-27(23,24)9-1-4-18-5-7-25-8-6-18;/h2-3,10,17H,1,4-9,11H2,(H,20,21);1H. The number of oxazole rings is 1. The molecular weight excluding hydrogens is 414 g/mol. The van der Waals surface area contributed by atoms with Gasteiger partial charge in [0.25, 0.3) is 0 Å². The van der Waals surface area contributed by atoms with Crippen LogP contribution in [-0.4, -0.2) is 67.6 Å². The number of halogens is 1. The van der Waals surface area contributed by atoms with Crippen molar-refractivity contribution in [3.05, 3.63) is 28.7 Å². The number of rotatable bonds is 8. The van der Waals surface area contributed by atoms with Crippen LogP contribution in [0.4, 0.5) is 5.69 Å². The summed E-state index contributed by atoms with van der Waals surface area (Å²) in [5.41, 5.74) is 0.664. The van der Waals surface area contributed by atoms with Gasteiger partial charge in [0, 0.05) is 19.2 Å². The quantitative estimate of drug-likeness (QED) is 0.615. The summed E-state index contributed by atoms with van der Waals surface area (Å²) in [5.74, 6) is -2.02. The van der Waals surface area contributed by atoms with Crippen molar-refractivity contribution in [1.82, 2.24) is 9.47 Å². The van der Waals surface area contributed by atoms with E-state index in [4.69, 9.17) is 14.3 Å². The molecule has 1 aromatic heterocycles. The summed E-state index contributed by atoms with van der Waals surface area (Å²) < 4.78 is 38.2. The average Bonchev–Trinajstić information content (AvgIpc) is 2.89. The number of hydrogen-bond donors (Lipinski definition) is 2. The Morgan fingerprint density at radius 3 is 2.64 bits per heavy atom. The van der Waals surface area contributed by atoms with Crippen LogP contribution in [0.1, 0.15) is 6.42 Å². The van der Waals surface area contributed by atoms with E-state index in [1.54, 1.807) is 0 Å². The van der Waals surface area contributed by atoms with Gasteiger partial charge in [-0.05, 0) is 25.1 Å². The fourth-order valence-corrected chi connectivity index (χ4v) is 4.05. The van der Waals surface area contributed by atoms with E-state index in [1.807, 2.05) is 0 Å². The second kappa shape index (κ2) is 9.41. The molecule has 156 valence electrons. The third-order valence-electron chi connectivity index (χ3n) is 4.23. The van der Waals surface area contributed by atoms with E-state index < -0.39 is 28.3 Å². The van der Waals surface area contributed by atoms with E-state index in [2.05, 4.69) is 9.62 Å². The van der Waals surface area contributed by atoms with E-state index in [1.165, 1.54) is 18.2 Å². The minimum absolute atomic E-state index is 0. The van der Waals surface area contributed by atoms with Crippen molar-refractivity contribution < 1.29 is 27.5 Å². The Balaban J connectivity index is 0.00000280. The number of benzene rings is 1. The van der Waals surface area contributed by atoms with Gasteiger partial charge in [0.1, 0.15) is 6.54 Å². The van der Waals surface area contributed by atoms with Crippen LogP contribution >= 0.6 is 12.4 Å². The predicted molar refractivity (Wildman–Crippen MR) is 105 cm³/mol. The Morgan fingerprint density at radius 1 is 1.25 bits per heavy atom. The molecule has 12 heteroatoms. The van der Waals surface area contributed by atoms with E-state index in [0.29, 0.717) is 26.2 Å². The highest BCUT2D eigenvalue weighted by atomic mass is 35.5. The molecule has 0 amide bonds. The number of carboxylic acid groups (broad SMARTS) is 1. The predicted octanol–water partition coefficient (Wildman–Crippen LogP) is 0.565. The number of nitrogens with zero attached hydrogens (tertiary/aromatic N) is 2. The van der Waals surface area contributed by atoms with Crippen LogP contribution in [-0.2, 0) is 26.1 Å². The summed E-state index contributed by atoms with van der Waals surface area (Å²) in [5, 5.41) is 8.85. The SMILES string of the molecule is Cl.O=C(O)Cn1c(=O)oc2cc(NS(=O)(=O)CCCN3CCOCC3)ccc21. The van der Waals surface area contributed by atoms with Gasteiger partial charge in [-0.3, -0.25) is 19.0 Å². The summed E-state index contributed by atoms with van der Waals surface area (Å²) in [6, 6.07) is 4.29. The molecular formula is C16H22ClN3O7S. The summed E-state index contributed by atoms with van der Waals surface area (Å²) >= 11 is 0. The number of ether oxygens (including phenoxy) is 1. The molecule has 0 unspecified atom stereocenters. The van der Waals surface area contributed by atoms with Crippen molar-refractivity contribution in [2.24, 2.45) is 0 Å². The van der Waals surface area contributed by atoms with Crippen molar-refractivity contribution >= 4 is 45.2 Å². The average molecular weight is 436 g/mol. The highest BCUT2D eigenvalue weighted by Crippen LogP contribution is 2.19. The molecule has 2 heterocycles. The number of carbonyl (C=O) groups is 1. The highest BCUT2D eigenvalue weighted by Gasteiger charge is 2.16. The van der Waals surface area contributed by atoms with Gasteiger partial charge in [0.15, 0.2) is 5.58 Å². The van der Waals surface area contributed by atoms with E-state index >= 15 is 0 Å². The minimum atomic E-state index is -3.56. The number of aliphatic carboxylic acids is 1. The fraction of sp³-hybridized carbons (Fsp3) is 0.500. The number of sulfonamides is 1. The van der Waals surface area contributed by atoms with Gasteiger partial charge in [-0.1, -0.05) is 0 Å². The van der Waals surface area contributed by atoms with Gasteiger partial charge in [-0.15, -0.1) is 12.4 Å². The number of anilines is 1. The highest BCUT2D eigenvalue weighted by molar-refractivity contribution is 7.92. The molecule has 3 rings (SSSR count). The largest absolute Gasteiger partial charge is 0.480 e. The van der Waals surface area contributed by atoms with Gasteiger partial charge in [0.05, 0.1) is 30.2 Å². The van der Waals surface area contributed by atoms with Crippen molar-refractivity contribution in [2.45, 2.75) is 13.0 Å². The van der Waals surface area contributed by atoms with Gasteiger partial charge in [-0.25, -0.2) is 13.2 Å². The molecule has 1 saturated heterocycles. The molecule has 28 heavy (non-hydrogen) atoms. The molecule has 2 aromatic rings. The Kier molecular flexibility index (Phi) is 7.47. The lowest BCUT2D eigenvalue weighted by Gasteiger charge is -2.26. The van der Waals surface area contributed by atoms with Crippen molar-refractivity contribution in [3.63, 3.8) is 0 Å². The molecule has 0 saturated carbocycles. The van der Waals surface area contributed by atoms with Crippen molar-refractivity contribution in [3.8, 4) is 0 Å². The Bertz CT molecular complexity index is 980. The van der Waals surface area contributed by atoms with Crippen LogP contribution in [0.15, 0.2) is 27.4 Å². The molecule has 0 atom stereocenters. The maximum atomic E-state index is 12.3. The summed E-state index contributed by atoms with van der Waals surface area (Å²) in [6.07, 6.45) is 0.488. The first-order valence-corrected chi connectivity index (χ1v) is 10.1. The molecule has 10 nitrogen and oxygen atoms in total. The first-order chi connectivity index (χ1) is 12.8. The lowest BCUT2D eigenvalue weighted by Crippen LogP contribution is -2.37. The maximum Gasteiger partial charge on any atom is 0.420 e. The first kappa shape index (κ1) is 22.2. The zero-order chi connectivity index (χ0) is 19.4. The summed E-state index contributed by atoms with van der Waals surface area (Å²) in [6.45, 7) is 3.08. The van der Waals surface area contributed by atoms with Gasteiger partial charge in [0.2, 0.25) is 10.0 Å². The molecule has 0 bridgehead atoms. The second-order valence-electron chi connectivity index (χ2n) is 6.26. The number of fused-ring (bicyclic) bond motifs is 1. The molecule has 0 radical (unpaired) electrons. The van der Waals surface area contributed by atoms with Crippen LogP contribution < -0.4 is 10.5 Å². The van der Waals surface area contributed by atoms with Crippen molar-refractivity contribution in [1.29, 1.82) is 0 Å². The van der Waals surface area contributed by atoms with Crippen LogP contribution in [0.25, 0.3) is 11.1 Å². The molecule has 0 spiro atoms. The fourth-order valence-electron chi connectivity index (χ4n) is 2.95. The van der Waals surface area contributed by atoms with E-state index in [-0.39, 0.29) is 34.9 Å². The number of aromatic nitrogens is 1. The van der Waals surface area contributed by atoms with Crippen LogP contribution in [0.2, 0.25) is 0 Å². The zero-order valence-electron chi connectivity index (χ0n) is 15.0. The second-order valence-corrected chi connectivity index (χ2v) is 8.10. The van der Waals surface area contributed by atoms with E-state index in [9.17, 15) is 18.0 Å². The molecule has 2 N–H and O–H groups in total. The zero-order valence-corrected chi connectivity index (χ0v) is 16.6. The van der Waals surface area contributed by atoms with Crippen LogP contribution in [0.3, 0.4) is 0 Å². The first-order valence-electron chi connectivity index (χ1n) is 8.50. The van der Waals surface area contributed by atoms with E-state index in [0.717, 1.165) is 17.7 Å². The number of morpholine rings is 1. The summed E-state index contributed by atoms with van der Waals surface area (Å²) in [7, 11) is -3.56. The maximum absolute atomic E-state index is 12.3. The number of carboxylic acids is 1. The molecule has 0 aliphatic carbocycles. The summed E-state index contributed by atoms with van der Waals surface area (Å²) in [4.78, 5) is 24.7. The van der Waals surface area contributed by atoms with Crippen molar-refractivity contribution in [2.75, 3.05) is 43.3 Å². The Morgan fingerprint density at radius 2 is 1.96 bits per heavy atom. The Labute approximate surface area is 167 Å². The molecule has 1 aliphatic rings. The third kappa shape index (κ3) is 5.71. The van der Waals surface area contributed by atoms with Gasteiger partial charge < -0.3 is 14.3 Å². The van der Waals surface area contributed by atoms with Crippen LogP contribution in [0.5, 0.6) is 0 Å². The van der Waals surface area contributed by atoms with Crippen LogP contribution in [0, 0.1) is 0 Å². The lowest BCUT2D eigenvalue weighted by molar-refractivity contribution is -0.137. The third-order valence-corrected chi connectivity index (χ3v) is 5.60. The normalized spacial score (nSPS) is 15.3. The molecule has 1 aromatic carbocycles. The molecule has 1 fully saturated rings. The Hall–Kier alpha value is -2.08. The van der Waals surface area contributed by atoms with Gasteiger partial charge >= 0.3 is 11.7 Å². The number of nitrogens with one attached hydrogen (secondary N) is 1. The minimum Gasteiger partial charge on any atom is -0.480 e. The smallest absolute Gasteiger partial charge is 0.420 e. The topological polar surface area (TPSA) is 131 Å². The number of hydrogen-bond acceptors (Lipinski definition) is 7. The lowest BCUT2D eigenvalue weighted by atomic mass is 10.3. The monoisotopic (exact) mass is 435 g/mol. The van der Waals surface area contributed by atoms with Gasteiger partial charge in [-0.2, -0.15) is 0 Å².